The summed E-state index contributed by atoms with van der Waals surface area (Å²) >= 11 is 0. The molecule has 0 aliphatic carbocycles. The van der Waals surface area contributed by atoms with Crippen molar-refractivity contribution in [1.29, 1.82) is 0 Å². The van der Waals surface area contributed by atoms with E-state index in [4.69, 9.17) is 9.47 Å². The van der Waals surface area contributed by atoms with E-state index in [0.29, 0.717) is 44.6 Å². The van der Waals surface area contributed by atoms with Gasteiger partial charge in [-0.15, -0.1) is 0 Å². The monoisotopic (exact) mass is 442 g/mol. The van der Waals surface area contributed by atoms with E-state index >= 15 is 0 Å². The normalized spacial score (nSPS) is 11.1. The third kappa shape index (κ3) is 8.85. The molecule has 0 aromatic heterocycles. The Morgan fingerprint density at radius 3 is 2.50 bits per heavy atom. The Hall–Kier alpha value is -3.26. The number of nitrogens with one attached hydrogen (secondary N) is 3. The number of aryl methyl sites for hydroxylation is 1. The number of aliphatic imine (C=N–C) groups is 1. The maximum Gasteiger partial charge on any atom is 0.411 e. The SMILES string of the molecule is CCNC(=NCc1ccc(NC(=O)OC)cc1)NCc1ccc(C)cc1OCCOCC. The van der Waals surface area contributed by atoms with Crippen molar-refractivity contribution >= 4 is 17.7 Å². The molecule has 2 aromatic rings. The maximum absolute atomic E-state index is 11.3. The number of hydrogen-bond acceptors (Lipinski definition) is 5. The van der Waals surface area contributed by atoms with E-state index < -0.39 is 6.09 Å². The zero-order valence-corrected chi connectivity index (χ0v) is 19.4. The minimum Gasteiger partial charge on any atom is -0.491 e. The molecular formula is C24H34N4O4. The number of guanidine groups is 1. The van der Waals surface area contributed by atoms with Gasteiger partial charge in [0.05, 0.1) is 20.3 Å². The van der Waals surface area contributed by atoms with Crippen LogP contribution in [0.1, 0.15) is 30.5 Å². The van der Waals surface area contributed by atoms with Crippen LogP contribution in [0, 0.1) is 6.92 Å². The number of amides is 1. The number of anilines is 1. The van der Waals surface area contributed by atoms with Crippen LogP contribution in [0.5, 0.6) is 5.75 Å². The lowest BCUT2D eigenvalue weighted by Gasteiger charge is -2.15. The van der Waals surface area contributed by atoms with Crippen LogP contribution in [0.25, 0.3) is 0 Å². The average Bonchev–Trinajstić information content (AvgIpc) is 2.80. The van der Waals surface area contributed by atoms with Crippen molar-refractivity contribution in [3.8, 4) is 5.75 Å². The maximum atomic E-state index is 11.3. The van der Waals surface area contributed by atoms with Crippen LogP contribution in [0.2, 0.25) is 0 Å². The molecule has 0 fully saturated rings. The quantitative estimate of drug-likeness (QED) is 0.278. The lowest BCUT2D eigenvalue weighted by Crippen LogP contribution is -2.36. The predicted molar refractivity (Wildman–Crippen MR) is 127 cm³/mol. The van der Waals surface area contributed by atoms with Crippen molar-refractivity contribution in [3.05, 3.63) is 59.2 Å². The summed E-state index contributed by atoms with van der Waals surface area (Å²) in [6, 6.07) is 13.7. The number of benzene rings is 2. The molecule has 174 valence electrons. The number of hydrogen-bond donors (Lipinski definition) is 3. The summed E-state index contributed by atoms with van der Waals surface area (Å²) in [5.74, 6) is 1.56. The second-order valence-corrected chi connectivity index (χ2v) is 7.02. The van der Waals surface area contributed by atoms with Gasteiger partial charge in [0.25, 0.3) is 0 Å². The van der Waals surface area contributed by atoms with Crippen molar-refractivity contribution in [3.63, 3.8) is 0 Å². The molecule has 0 saturated carbocycles. The molecule has 2 rings (SSSR count). The third-order valence-corrected chi connectivity index (χ3v) is 4.51. The molecule has 8 nitrogen and oxygen atoms in total. The van der Waals surface area contributed by atoms with Crippen LogP contribution in [-0.2, 0) is 22.6 Å². The second kappa shape index (κ2) is 13.9. The summed E-state index contributed by atoms with van der Waals surface area (Å²) in [5.41, 5.74) is 3.89. The average molecular weight is 443 g/mol. The zero-order valence-electron chi connectivity index (χ0n) is 19.4. The van der Waals surface area contributed by atoms with Gasteiger partial charge in [-0.1, -0.05) is 24.3 Å². The molecule has 0 bridgehead atoms. The minimum absolute atomic E-state index is 0.494. The van der Waals surface area contributed by atoms with Crippen molar-refractivity contribution in [2.24, 2.45) is 4.99 Å². The van der Waals surface area contributed by atoms with Crippen LogP contribution < -0.4 is 20.7 Å². The summed E-state index contributed by atoms with van der Waals surface area (Å²) in [7, 11) is 1.33. The smallest absolute Gasteiger partial charge is 0.411 e. The van der Waals surface area contributed by atoms with E-state index in [1.165, 1.54) is 7.11 Å². The summed E-state index contributed by atoms with van der Waals surface area (Å²) in [6.45, 7) is 9.63. The number of carbonyl (C=O) groups excluding carboxylic acids is 1. The fourth-order valence-electron chi connectivity index (χ4n) is 2.85. The van der Waals surface area contributed by atoms with E-state index in [0.717, 1.165) is 29.0 Å². The van der Waals surface area contributed by atoms with Gasteiger partial charge in [-0.25, -0.2) is 9.79 Å². The van der Waals surface area contributed by atoms with Crippen molar-refractivity contribution in [2.45, 2.75) is 33.9 Å². The van der Waals surface area contributed by atoms with Crippen LogP contribution >= 0.6 is 0 Å². The largest absolute Gasteiger partial charge is 0.491 e. The molecule has 0 saturated heterocycles. The molecule has 2 aromatic carbocycles. The van der Waals surface area contributed by atoms with Gasteiger partial charge in [0.2, 0.25) is 0 Å². The Balaban J connectivity index is 1.98. The Bertz CT molecular complexity index is 869. The molecule has 0 aliphatic rings. The topological polar surface area (TPSA) is 93.2 Å². The summed E-state index contributed by atoms with van der Waals surface area (Å²) < 4.78 is 15.9. The van der Waals surface area contributed by atoms with E-state index in [9.17, 15) is 4.79 Å². The molecule has 0 atom stereocenters. The number of nitrogens with zero attached hydrogens (tertiary/aromatic N) is 1. The van der Waals surface area contributed by atoms with Gasteiger partial charge in [-0.05, 0) is 50.1 Å². The van der Waals surface area contributed by atoms with Crippen LogP contribution in [0.4, 0.5) is 10.5 Å². The first-order chi connectivity index (χ1) is 15.5. The Labute approximate surface area is 190 Å². The molecule has 32 heavy (non-hydrogen) atoms. The van der Waals surface area contributed by atoms with Crippen molar-refractivity contribution in [1.82, 2.24) is 10.6 Å². The first-order valence-electron chi connectivity index (χ1n) is 10.8. The van der Waals surface area contributed by atoms with E-state index in [-0.39, 0.29) is 0 Å². The second-order valence-electron chi connectivity index (χ2n) is 7.02. The first kappa shape index (κ1) is 25.0. The van der Waals surface area contributed by atoms with Gasteiger partial charge in [-0.2, -0.15) is 0 Å². The molecule has 0 aliphatic heterocycles. The zero-order chi connectivity index (χ0) is 23.2. The first-order valence-corrected chi connectivity index (χ1v) is 10.8. The van der Waals surface area contributed by atoms with Crippen molar-refractivity contribution in [2.75, 3.05) is 38.8 Å². The molecule has 0 radical (unpaired) electrons. The van der Waals surface area contributed by atoms with Gasteiger partial charge in [0, 0.05) is 30.9 Å². The summed E-state index contributed by atoms with van der Waals surface area (Å²) in [6.07, 6.45) is -0.494. The van der Waals surface area contributed by atoms with Crippen LogP contribution in [-0.4, -0.2) is 45.5 Å². The Morgan fingerprint density at radius 1 is 1.03 bits per heavy atom. The molecule has 0 spiro atoms. The highest BCUT2D eigenvalue weighted by atomic mass is 16.5. The number of rotatable bonds is 11. The van der Waals surface area contributed by atoms with Crippen LogP contribution in [0.3, 0.4) is 0 Å². The third-order valence-electron chi connectivity index (χ3n) is 4.51. The van der Waals surface area contributed by atoms with Crippen LogP contribution in [0.15, 0.2) is 47.5 Å². The molecule has 3 N–H and O–H groups in total. The number of methoxy groups -OCH3 is 1. The highest BCUT2D eigenvalue weighted by molar-refractivity contribution is 5.84. The fraction of sp³-hybridized carbons (Fsp3) is 0.417. The Kier molecular flexibility index (Phi) is 10.9. The highest BCUT2D eigenvalue weighted by Crippen LogP contribution is 2.20. The van der Waals surface area contributed by atoms with Gasteiger partial charge in [0.1, 0.15) is 12.4 Å². The molecule has 0 unspecified atom stereocenters. The predicted octanol–water partition coefficient (Wildman–Crippen LogP) is 3.84. The molecular weight excluding hydrogens is 408 g/mol. The lowest BCUT2D eigenvalue weighted by molar-refractivity contribution is 0.110. The van der Waals surface area contributed by atoms with Gasteiger partial charge in [0.15, 0.2) is 5.96 Å². The summed E-state index contributed by atoms with van der Waals surface area (Å²) in [5, 5.41) is 9.26. The standard InChI is InChI=1S/C24H34N4O4/c1-5-25-23(26-16-19-8-11-21(12-9-19)28-24(29)30-4)27-17-20-10-7-18(3)15-22(20)32-14-13-31-6-2/h7-12,15H,5-6,13-14,16-17H2,1-4H3,(H,28,29)(H2,25,26,27). The lowest BCUT2D eigenvalue weighted by atomic mass is 10.1. The minimum atomic E-state index is -0.494. The van der Waals surface area contributed by atoms with Crippen molar-refractivity contribution < 1.29 is 19.0 Å². The number of ether oxygens (including phenoxy) is 3. The number of carbonyl (C=O) groups is 1. The molecule has 0 heterocycles. The van der Waals surface area contributed by atoms with E-state index in [1.807, 2.05) is 51.1 Å². The van der Waals surface area contributed by atoms with Gasteiger partial charge >= 0.3 is 6.09 Å². The van der Waals surface area contributed by atoms with E-state index in [2.05, 4.69) is 37.8 Å². The van der Waals surface area contributed by atoms with Gasteiger partial charge < -0.3 is 24.8 Å². The molecule has 8 heteroatoms. The van der Waals surface area contributed by atoms with E-state index in [1.54, 1.807) is 0 Å². The highest BCUT2D eigenvalue weighted by Gasteiger charge is 2.07. The van der Waals surface area contributed by atoms with Gasteiger partial charge in [-0.3, -0.25) is 5.32 Å². The molecule has 1 amide bonds. The fourth-order valence-corrected chi connectivity index (χ4v) is 2.85. The summed E-state index contributed by atoms with van der Waals surface area (Å²) in [4.78, 5) is 15.9. The Morgan fingerprint density at radius 2 is 1.81 bits per heavy atom.